The summed E-state index contributed by atoms with van der Waals surface area (Å²) in [6.07, 6.45) is 23.7. The van der Waals surface area contributed by atoms with Crippen LogP contribution >= 0.6 is 0 Å². The van der Waals surface area contributed by atoms with Crippen LogP contribution in [0.1, 0.15) is 0 Å². The Bertz CT molecular complexity index is 642. The Kier molecular flexibility index (Phi) is 4.33. The third-order valence-electron chi connectivity index (χ3n) is 3.60. The number of rotatable bonds is 2. The summed E-state index contributed by atoms with van der Waals surface area (Å²) in [5, 5.41) is 3.46. The molecular weight excluding hydrogens is 254 g/mol. The van der Waals surface area contributed by atoms with Crippen molar-refractivity contribution in [1.82, 2.24) is 0 Å². The molecule has 0 fully saturated rings. The predicted octanol–water partition coefficient (Wildman–Crippen LogP) is 5.02. The van der Waals surface area contributed by atoms with E-state index in [1.807, 2.05) is 30.4 Å². The van der Waals surface area contributed by atoms with Crippen LogP contribution in [0.2, 0.25) is 0 Å². The summed E-state index contributed by atoms with van der Waals surface area (Å²) < 4.78 is 0. The minimum Gasteiger partial charge on any atom is -0.356 e. The summed E-state index contributed by atoms with van der Waals surface area (Å²) >= 11 is 0. The van der Waals surface area contributed by atoms with Crippen molar-refractivity contribution in [1.29, 1.82) is 0 Å². The number of anilines is 1. The highest BCUT2D eigenvalue weighted by atomic mass is 14.9. The van der Waals surface area contributed by atoms with Crippen LogP contribution in [0.3, 0.4) is 0 Å². The fourth-order valence-electron chi connectivity index (χ4n) is 2.51. The molecule has 21 heavy (non-hydrogen) atoms. The Morgan fingerprint density at radius 3 is 2.10 bits per heavy atom. The van der Waals surface area contributed by atoms with Crippen LogP contribution < -0.4 is 5.32 Å². The lowest BCUT2D eigenvalue weighted by Crippen LogP contribution is -2.13. The summed E-state index contributed by atoms with van der Waals surface area (Å²) in [5.41, 5.74) is 2.27. The van der Waals surface area contributed by atoms with Gasteiger partial charge in [-0.25, -0.2) is 0 Å². The zero-order valence-electron chi connectivity index (χ0n) is 11.9. The van der Waals surface area contributed by atoms with E-state index >= 15 is 0 Å². The van der Waals surface area contributed by atoms with Gasteiger partial charge in [-0.15, -0.1) is 0 Å². The average Bonchev–Trinajstić information content (AvgIpc) is 2.53. The highest BCUT2D eigenvalue weighted by Gasteiger charge is 2.16. The molecule has 1 aromatic carbocycles. The van der Waals surface area contributed by atoms with Gasteiger partial charge in [0, 0.05) is 23.2 Å². The first kappa shape index (κ1) is 13.4. The molecule has 104 valence electrons. The number of benzene rings is 1. The summed E-state index contributed by atoms with van der Waals surface area (Å²) in [5.74, 6) is 0.798. The second-order valence-electron chi connectivity index (χ2n) is 5.17. The van der Waals surface area contributed by atoms with Crippen molar-refractivity contribution in [3.05, 3.63) is 103 Å². The van der Waals surface area contributed by atoms with Gasteiger partial charge in [0.1, 0.15) is 0 Å². The Morgan fingerprint density at radius 1 is 0.667 bits per heavy atom. The predicted molar refractivity (Wildman–Crippen MR) is 90.8 cm³/mol. The van der Waals surface area contributed by atoms with Gasteiger partial charge in [-0.1, -0.05) is 79.0 Å². The summed E-state index contributed by atoms with van der Waals surface area (Å²) in [6.45, 7) is 0. The van der Waals surface area contributed by atoms with Gasteiger partial charge in [-0.3, -0.25) is 0 Å². The van der Waals surface area contributed by atoms with Crippen LogP contribution in [0, 0.1) is 11.8 Å². The van der Waals surface area contributed by atoms with E-state index in [9.17, 15) is 0 Å². The van der Waals surface area contributed by atoms with E-state index in [1.165, 1.54) is 0 Å². The second-order valence-corrected chi connectivity index (χ2v) is 5.17. The molecule has 1 N–H and O–H groups in total. The molecule has 1 nitrogen and oxygen atoms in total. The fourth-order valence-corrected chi connectivity index (χ4v) is 2.51. The normalized spacial score (nSPS) is 29.6. The molecule has 0 aromatic heterocycles. The highest BCUT2D eigenvalue weighted by Crippen LogP contribution is 2.26. The van der Waals surface area contributed by atoms with Gasteiger partial charge in [0.15, 0.2) is 0 Å². The third kappa shape index (κ3) is 3.73. The van der Waals surface area contributed by atoms with Crippen LogP contribution in [-0.4, -0.2) is 0 Å². The molecule has 2 aliphatic carbocycles. The molecule has 2 atom stereocenters. The van der Waals surface area contributed by atoms with Crippen LogP contribution in [0.4, 0.5) is 5.69 Å². The summed E-state index contributed by atoms with van der Waals surface area (Å²) in [6, 6.07) is 10.3. The number of fused-ring (bicyclic) bond motifs is 1. The number of hydrogen-bond donors (Lipinski definition) is 1. The van der Waals surface area contributed by atoms with E-state index in [0.29, 0.717) is 11.8 Å². The van der Waals surface area contributed by atoms with Crippen molar-refractivity contribution >= 4 is 5.69 Å². The van der Waals surface area contributed by atoms with Gasteiger partial charge in [0.25, 0.3) is 0 Å². The van der Waals surface area contributed by atoms with Crippen molar-refractivity contribution in [2.24, 2.45) is 11.8 Å². The van der Waals surface area contributed by atoms with Gasteiger partial charge in [-0.05, 0) is 18.2 Å². The van der Waals surface area contributed by atoms with Gasteiger partial charge < -0.3 is 5.32 Å². The lowest BCUT2D eigenvalue weighted by molar-refractivity contribution is 0.662. The molecule has 0 saturated carbocycles. The standard InChI is InChI=1S/C20H19N/c1-2-4-7-11-18-16-20(15-14-17(18)10-6-3-1)21-19-12-8-5-9-13-19/h1-18,21H/b3-1-,4-2-,10-6+,11-7+. The minimum absolute atomic E-state index is 0.383. The van der Waals surface area contributed by atoms with Crippen molar-refractivity contribution in [3.63, 3.8) is 0 Å². The molecular formula is C20H19N. The summed E-state index contributed by atoms with van der Waals surface area (Å²) in [7, 11) is 0. The molecule has 0 radical (unpaired) electrons. The van der Waals surface area contributed by atoms with E-state index in [1.54, 1.807) is 0 Å². The van der Waals surface area contributed by atoms with Crippen LogP contribution in [0.15, 0.2) is 103 Å². The zero-order valence-corrected chi connectivity index (χ0v) is 11.9. The van der Waals surface area contributed by atoms with Crippen LogP contribution in [0.5, 0.6) is 0 Å². The average molecular weight is 273 g/mol. The van der Waals surface area contributed by atoms with E-state index in [-0.39, 0.29) is 0 Å². The van der Waals surface area contributed by atoms with E-state index < -0.39 is 0 Å². The first-order valence-electron chi connectivity index (χ1n) is 7.32. The molecule has 1 aromatic rings. The van der Waals surface area contributed by atoms with Gasteiger partial charge in [0.05, 0.1) is 0 Å². The quantitative estimate of drug-likeness (QED) is 0.797. The third-order valence-corrected chi connectivity index (χ3v) is 3.60. The summed E-state index contributed by atoms with van der Waals surface area (Å²) in [4.78, 5) is 0. The first-order chi connectivity index (χ1) is 10.4. The van der Waals surface area contributed by atoms with Crippen LogP contribution in [0.25, 0.3) is 0 Å². The number of allylic oxidation sites excluding steroid dienone is 11. The Labute approximate surface area is 126 Å². The number of hydrogen-bond acceptors (Lipinski definition) is 1. The molecule has 0 heterocycles. The molecule has 2 aliphatic rings. The Balaban J connectivity index is 1.80. The molecule has 0 spiro atoms. The first-order valence-corrected chi connectivity index (χ1v) is 7.32. The Morgan fingerprint density at radius 2 is 1.33 bits per heavy atom. The maximum atomic E-state index is 3.46. The SMILES string of the molecule is C1=CC2/C=C/C=C\C=C/C=C/C2C=C1Nc1ccccc1. The van der Waals surface area contributed by atoms with Gasteiger partial charge >= 0.3 is 0 Å². The molecule has 0 saturated heterocycles. The zero-order chi connectivity index (χ0) is 14.3. The Hall–Kier alpha value is -2.54. The van der Waals surface area contributed by atoms with Gasteiger partial charge in [-0.2, -0.15) is 0 Å². The lowest BCUT2D eigenvalue weighted by atomic mass is 9.86. The topological polar surface area (TPSA) is 12.0 Å². The second kappa shape index (κ2) is 6.76. The number of nitrogens with one attached hydrogen (secondary N) is 1. The molecule has 3 rings (SSSR count). The smallest absolute Gasteiger partial charge is 0.0384 e. The van der Waals surface area contributed by atoms with Crippen molar-refractivity contribution < 1.29 is 0 Å². The number of para-hydroxylation sites is 1. The lowest BCUT2D eigenvalue weighted by Gasteiger charge is -2.22. The van der Waals surface area contributed by atoms with Crippen molar-refractivity contribution in [2.75, 3.05) is 5.32 Å². The van der Waals surface area contributed by atoms with E-state index in [4.69, 9.17) is 0 Å². The molecule has 2 unspecified atom stereocenters. The van der Waals surface area contributed by atoms with Crippen molar-refractivity contribution in [3.8, 4) is 0 Å². The monoisotopic (exact) mass is 273 g/mol. The molecule has 1 heteroatoms. The van der Waals surface area contributed by atoms with E-state index in [0.717, 1.165) is 11.4 Å². The molecule has 0 aliphatic heterocycles. The maximum Gasteiger partial charge on any atom is 0.0384 e. The molecule has 0 amide bonds. The minimum atomic E-state index is 0.383. The largest absolute Gasteiger partial charge is 0.356 e. The van der Waals surface area contributed by atoms with Gasteiger partial charge in [0.2, 0.25) is 0 Å². The van der Waals surface area contributed by atoms with Crippen molar-refractivity contribution in [2.45, 2.75) is 0 Å². The highest BCUT2D eigenvalue weighted by molar-refractivity contribution is 5.52. The van der Waals surface area contributed by atoms with E-state index in [2.05, 4.69) is 72.1 Å². The molecule has 0 bridgehead atoms. The van der Waals surface area contributed by atoms with Crippen LogP contribution in [-0.2, 0) is 0 Å². The fraction of sp³-hybridized carbons (Fsp3) is 0.100. The maximum absolute atomic E-state index is 3.46.